The number of hydrogen-bond acceptors (Lipinski definition) is 3. The monoisotopic (exact) mass is 377 g/mol. The highest BCUT2D eigenvalue weighted by Crippen LogP contribution is 2.13. The van der Waals surface area contributed by atoms with Crippen LogP contribution in [0.4, 0.5) is 0 Å². The van der Waals surface area contributed by atoms with Crippen molar-refractivity contribution in [3.63, 3.8) is 0 Å². The number of alkyl halides is 1. The van der Waals surface area contributed by atoms with Gasteiger partial charge in [-0.2, -0.15) is 0 Å². The molecular formula is C18H20BrNO3. The first-order valence-corrected chi connectivity index (χ1v) is 8.53. The van der Waals surface area contributed by atoms with E-state index in [9.17, 15) is 9.59 Å². The molecule has 23 heavy (non-hydrogen) atoms. The van der Waals surface area contributed by atoms with Crippen LogP contribution in [0.15, 0.2) is 35.1 Å². The summed E-state index contributed by atoms with van der Waals surface area (Å²) in [5.41, 5.74) is 4.53. The van der Waals surface area contributed by atoms with Gasteiger partial charge in [-0.3, -0.25) is 4.79 Å². The predicted octanol–water partition coefficient (Wildman–Crippen LogP) is 3.39. The van der Waals surface area contributed by atoms with Gasteiger partial charge in [-0.05, 0) is 49.6 Å². The number of aryl methyl sites for hydroxylation is 3. The summed E-state index contributed by atoms with van der Waals surface area (Å²) in [4.78, 5) is 23.8. The number of hydrogen-bond donors (Lipinski definition) is 0. The number of aromatic nitrogens is 1. The lowest BCUT2D eigenvalue weighted by molar-refractivity contribution is 0.0600. The molecule has 122 valence electrons. The second-order valence-electron chi connectivity index (χ2n) is 5.49. The van der Waals surface area contributed by atoms with E-state index in [4.69, 9.17) is 0 Å². The SMILES string of the molecule is COC(=O)c1ccc(CCn2c(CBr)c(C)cc(C)c2=O)cc1. The summed E-state index contributed by atoms with van der Waals surface area (Å²) in [6.45, 7) is 4.47. The average molecular weight is 378 g/mol. The van der Waals surface area contributed by atoms with Crippen LogP contribution in [0.25, 0.3) is 0 Å². The number of rotatable bonds is 5. The number of benzene rings is 1. The van der Waals surface area contributed by atoms with E-state index in [0.29, 0.717) is 17.4 Å². The molecule has 4 nitrogen and oxygen atoms in total. The highest BCUT2D eigenvalue weighted by molar-refractivity contribution is 9.08. The minimum absolute atomic E-state index is 0.0521. The van der Waals surface area contributed by atoms with Gasteiger partial charge in [0.05, 0.1) is 12.7 Å². The number of halogens is 1. The number of pyridine rings is 1. The van der Waals surface area contributed by atoms with Crippen LogP contribution in [-0.4, -0.2) is 17.6 Å². The van der Waals surface area contributed by atoms with Crippen molar-refractivity contribution in [1.82, 2.24) is 4.57 Å². The Bertz CT molecular complexity index is 763. The van der Waals surface area contributed by atoms with Crippen LogP contribution < -0.4 is 5.56 Å². The molecule has 0 atom stereocenters. The summed E-state index contributed by atoms with van der Waals surface area (Å²) in [6, 6.07) is 9.22. The number of nitrogens with zero attached hydrogens (tertiary/aromatic N) is 1. The van der Waals surface area contributed by atoms with Gasteiger partial charge in [0.15, 0.2) is 0 Å². The minimum Gasteiger partial charge on any atom is -0.465 e. The van der Waals surface area contributed by atoms with Gasteiger partial charge >= 0.3 is 5.97 Å². The second-order valence-corrected chi connectivity index (χ2v) is 6.05. The van der Waals surface area contributed by atoms with Crippen LogP contribution in [0, 0.1) is 13.8 Å². The molecule has 0 aliphatic heterocycles. The summed E-state index contributed by atoms with van der Waals surface area (Å²) in [5, 5.41) is 0.648. The van der Waals surface area contributed by atoms with E-state index in [1.54, 1.807) is 12.1 Å². The molecule has 0 saturated carbocycles. The van der Waals surface area contributed by atoms with E-state index >= 15 is 0 Å². The van der Waals surface area contributed by atoms with E-state index < -0.39 is 0 Å². The zero-order valence-corrected chi connectivity index (χ0v) is 15.1. The molecule has 2 aromatic rings. The van der Waals surface area contributed by atoms with Gasteiger partial charge < -0.3 is 9.30 Å². The third kappa shape index (κ3) is 3.91. The number of carbonyl (C=O) groups excluding carboxylic acids is 1. The number of esters is 1. The van der Waals surface area contributed by atoms with Crippen molar-refractivity contribution in [2.24, 2.45) is 0 Å². The standard InChI is InChI=1S/C18H20BrNO3/c1-12-10-13(2)17(21)20(16(12)11-19)9-8-14-4-6-15(7-5-14)18(22)23-3/h4-7,10H,8-9,11H2,1-3H3. The molecule has 1 aromatic carbocycles. The molecule has 0 fully saturated rings. The quantitative estimate of drug-likeness (QED) is 0.592. The molecule has 0 radical (unpaired) electrons. The van der Waals surface area contributed by atoms with Crippen LogP contribution in [0.5, 0.6) is 0 Å². The van der Waals surface area contributed by atoms with Crippen LogP contribution in [0.1, 0.15) is 32.7 Å². The van der Waals surface area contributed by atoms with Gasteiger partial charge in [0.2, 0.25) is 0 Å². The topological polar surface area (TPSA) is 48.3 Å². The lowest BCUT2D eigenvalue weighted by Gasteiger charge is -2.15. The maximum absolute atomic E-state index is 12.4. The predicted molar refractivity (Wildman–Crippen MR) is 94.3 cm³/mol. The smallest absolute Gasteiger partial charge is 0.337 e. The van der Waals surface area contributed by atoms with E-state index in [1.165, 1.54) is 7.11 Å². The molecule has 0 amide bonds. The molecule has 0 unspecified atom stereocenters. The van der Waals surface area contributed by atoms with Crippen molar-refractivity contribution < 1.29 is 9.53 Å². The van der Waals surface area contributed by atoms with Gasteiger partial charge in [0.1, 0.15) is 0 Å². The number of carbonyl (C=O) groups is 1. The van der Waals surface area contributed by atoms with Crippen molar-refractivity contribution in [1.29, 1.82) is 0 Å². The Labute approximate surface area is 144 Å². The Kier molecular flexibility index (Phi) is 5.77. The summed E-state index contributed by atoms with van der Waals surface area (Å²) in [5.74, 6) is -0.344. The maximum atomic E-state index is 12.4. The Morgan fingerprint density at radius 3 is 2.39 bits per heavy atom. The first kappa shape index (κ1) is 17.5. The molecule has 0 aliphatic carbocycles. The molecule has 0 aliphatic rings. The van der Waals surface area contributed by atoms with E-state index in [1.807, 2.05) is 36.6 Å². The van der Waals surface area contributed by atoms with Crippen molar-refractivity contribution in [2.75, 3.05) is 7.11 Å². The van der Waals surface area contributed by atoms with E-state index in [0.717, 1.165) is 28.8 Å². The van der Waals surface area contributed by atoms with Crippen LogP contribution in [0.2, 0.25) is 0 Å². The third-order valence-corrected chi connectivity index (χ3v) is 4.45. The Hall–Kier alpha value is -1.88. The normalized spacial score (nSPS) is 10.6. The van der Waals surface area contributed by atoms with Gasteiger partial charge in [-0.25, -0.2) is 4.79 Å². The fourth-order valence-electron chi connectivity index (χ4n) is 2.60. The molecule has 2 rings (SSSR count). The summed E-state index contributed by atoms with van der Waals surface area (Å²) >= 11 is 3.47. The molecule has 5 heteroatoms. The van der Waals surface area contributed by atoms with Gasteiger partial charge in [-0.15, -0.1) is 0 Å². The highest BCUT2D eigenvalue weighted by Gasteiger charge is 2.10. The molecule has 0 N–H and O–H groups in total. The lowest BCUT2D eigenvalue weighted by atomic mass is 10.1. The fourth-order valence-corrected chi connectivity index (χ4v) is 3.34. The van der Waals surface area contributed by atoms with Crippen molar-refractivity contribution in [3.8, 4) is 0 Å². The molecular weight excluding hydrogens is 358 g/mol. The Morgan fingerprint density at radius 1 is 1.17 bits per heavy atom. The zero-order chi connectivity index (χ0) is 17.0. The minimum atomic E-state index is -0.344. The number of ether oxygens (including phenoxy) is 1. The molecule has 1 heterocycles. The van der Waals surface area contributed by atoms with Crippen LogP contribution in [-0.2, 0) is 23.0 Å². The first-order chi connectivity index (χ1) is 11.0. The second kappa shape index (κ2) is 7.59. The van der Waals surface area contributed by atoms with Gasteiger partial charge in [-0.1, -0.05) is 28.1 Å². The maximum Gasteiger partial charge on any atom is 0.337 e. The zero-order valence-electron chi connectivity index (χ0n) is 13.6. The molecule has 0 saturated heterocycles. The van der Waals surface area contributed by atoms with Crippen molar-refractivity contribution in [2.45, 2.75) is 32.1 Å². The largest absolute Gasteiger partial charge is 0.465 e. The Morgan fingerprint density at radius 2 is 1.83 bits per heavy atom. The average Bonchev–Trinajstić information content (AvgIpc) is 2.56. The van der Waals surface area contributed by atoms with Crippen molar-refractivity contribution in [3.05, 3.63) is 68.6 Å². The fraction of sp³-hybridized carbons (Fsp3) is 0.333. The number of methoxy groups -OCH3 is 1. The van der Waals surface area contributed by atoms with Crippen LogP contribution in [0.3, 0.4) is 0 Å². The highest BCUT2D eigenvalue weighted by atomic mass is 79.9. The summed E-state index contributed by atoms with van der Waals surface area (Å²) in [6.07, 6.45) is 0.726. The molecule has 0 spiro atoms. The third-order valence-electron chi connectivity index (χ3n) is 3.92. The van der Waals surface area contributed by atoms with Gasteiger partial charge in [0.25, 0.3) is 5.56 Å². The first-order valence-electron chi connectivity index (χ1n) is 7.41. The Balaban J connectivity index is 2.21. The van der Waals surface area contributed by atoms with Crippen LogP contribution >= 0.6 is 15.9 Å². The van der Waals surface area contributed by atoms with Crippen molar-refractivity contribution >= 4 is 21.9 Å². The summed E-state index contributed by atoms with van der Waals surface area (Å²) < 4.78 is 6.52. The van der Waals surface area contributed by atoms with E-state index in [2.05, 4.69) is 20.7 Å². The van der Waals surface area contributed by atoms with E-state index in [-0.39, 0.29) is 11.5 Å². The summed E-state index contributed by atoms with van der Waals surface area (Å²) in [7, 11) is 1.37. The molecule has 0 bridgehead atoms. The van der Waals surface area contributed by atoms with Gasteiger partial charge in [0, 0.05) is 23.1 Å². The lowest BCUT2D eigenvalue weighted by Crippen LogP contribution is -2.27. The molecule has 1 aromatic heterocycles.